The lowest BCUT2D eigenvalue weighted by Gasteiger charge is -2.47. The first-order valence-corrected chi connectivity index (χ1v) is 10.5. The first-order valence-electron chi connectivity index (χ1n) is 9.58. The molecule has 2 aromatic heterocycles. The molecule has 0 aliphatic carbocycles. The van der Waals surface area contributed by atoms with Gasteiger partial charge in [-0.2, -0.15) is 0 Å². The highest BCUT2D eigenvalue weighted by Crippen LogP contribution is 2.31. The monoisotopic (exact) mass is 387 g/mol. The van der Waals surface area contributed by atoms with Gasteiger partial charge >= 0.3 is 0 Å². The highest BCUT2D eigenvalue weighted by molar-refractivity contribution is 7.13. The molecule has 2 saturated heterocycles. The molecule has 7 nitrogen and oxygen atoms in total. The molecule has 0 N–H and O–H groups in total. The number of likely N-dealkylation sites (tertiary alicyclic amines) is 1. The van der Waals surface area contributed by atoms with Crippen LogP contribution in [-0.4, -0.2) is 75.6 Å². The van der Waals surface area contributed by atoms with Crippen molar-refractivity contribution in [2.24, 2.45) is 0 Å². The Morgan fingerprint density at radius 1 is 1.26 bits per heavy atom. The summed E-state index contributed by atoms with van der Waals surface area (Å²) in [5, 5.41) is 2.48. The number of carbonyl (C=O) groups is 1. The Bertz CT molecular complexity index is 773. The van der Waals surface area contributed by atoms with Crippen LogP contribution in [-0.2, 0) is 4.74 Å². The first kappa shape index (κ1) is 18.5. The van der Waals surface area contributed by atoms with E-state index in [1.165, 1.54) is 17.8 Å². The van der Waals surface area contributed by atoms with Crippen LogP contribution in [0.2, 0.25) is 0 Å². The van der Waals surface area contributed by atoms with Crippen molar-refractivity contribution in [2.75, 3.05) is 39.3 Å². The second-order valence-corrected chi connectivity index (χ2v) is 8.07. The van der Waals surface area contributed by atoms with E-state index in [9.17, 15) is 4.79 Å². The lowest BCUT2D eigenvalue weighted by molar-refractivity contribution is -0.127. The molecule has 2 aliphatic rings. The van der Waals surface area contributed by atoms with Crippen molar-refractivity contribution in [3.05, 3.63) is 29.5 Å². The van der Waals surface area contributed by atoms with Gasteiger partial charge in [0.15, 0.2) is 10.8 Å². The molecule has 0 saturated carbocycles. The maximum absolute atomic E-state index is 13.0. The van der Waals surface area contributed by atoms with Crippen molar-refractivity contribution in [2.45, 2.75) is 31.8 Å². The van der Waals surface area contributed by atoms with E-state index >= 15 is 0 Å². The predicted molar refractivity (Wildman–Crippen MR) is 104 cm³/mol. The Morgan fingerprint density at radius 3 is 2.78 bits per heavy atom. The van der Waals surface area contributed by atoms with E-state index in [-0.39, 0.29) is 11.5 Å². The van der Waals surface area contributed by atoms with Gasteiger partial charge in [-0.3, -0.25) is 4.79 Å². The molecule has 2 fully saturated rings. The van der Waals surface area contributed by atoms with E-state index in [2.05, 4.69) is 26.8 Å². The third-order valence-electron chi connectivity index (χ3n) is 5.32. The molecule has 0 atom stereocenters. The van der Waals surface area contributed by atoms with Crippen LogP contribution in [0.4, 0.5) is 0 Å². The van der Waals surface area contributed by atoms with Gasteiger partial charge in [-0.15, -0.1) is 11.3 Å². The van der Waals surface area contributed by atoms with Gasteiger partial charge in [-0.05, 0) is 31.9 Å². The van der Waals surface area contributed by atoms with Crippen LogP contribution >= 0.6 is 11.3 Å². The van der Waals surface area contributed by atoms with E-state index < -0.39 is 0 Å². The molecule has 0 bridgehead atoms. The van der Waals surface area contributed by atoms with Crippen LogP contribution in [0.3, 0.4) is 0 Å². The number of aromatic nitrogens is 3. The predicted octanol–water partition coefficient (Wildman–Crippen LogP) is 2.32. The maximum atomic E-state index is 13.0. The van der Waals surface area contributed by atoms with Gasteiger partial charge in [0, 0.05) is 37.4 Å². The summed E-state index contributed by atoms with van der Waals surface area (Å²) in [5.74, 6) is 0.537. The number of rotatable bonds is 4. The molecule has 4 heterocycles. The van der Waals surface area contributed by atoms with Crippen LogP contribution in [0.5, 0.6) is 0 Å². The molecule has 1 spiro atoms. The van der Waals surface area contributed by atoms with Crippen molar-refractivity contribution < 1.29 is 9.53 Å². The summed E-state index contributed by atoms with van der Waals surface area (Å²) in [5.41, 5.74) is 0.280. The minimum Gasteiger partial charge on any atom is -0.371 e. The Balaban J connectivity index is 1.43. The zero-order valence-corrected chi connectivity index (χ0v) is 16.5. The normalized spacial score (nSPS) is 20.1. The Labute approximate surface area is 163 Å². The Kier molecular flexibility index (Phi) is 5.47. The third kappa shape index (κ3) is 4.02. The van der Waals surface area contributed by atoms with Crippen LogP contribution in [0.25, 0.3) is 10.8 Å². The maximum Gasteiger partial charge on any atom is 0.273 e. The van der Waals surface area contributed by atoms with Gasteiger partial charge in [0.05, 0.1) is 18.8 Å². The standard InChI is InChI=1S/C19H25N5O2S/c1-2-8-23-9-4-19(5-10-23)14-24(11-12-26-19)18(25)15-13-27-17(22-15)16-20-6-3-7-21-16/h3,6-7,13H,2,4-5,8-12,14H2,1H3. The zero-order chi connectivity index (χ0) is 18.7. The number of hydrogen-bond acceptors (Lipinski definition) is 7. The van der Waals surface area contributed by atoms with E-state index in [1.807, 2.05) is 4.90 Å². The smallest absolute Gasteiger partial charge is 0.273 e. The van der Waals surface area contributed by atoms with E-state index in [4.69, 9.17) is 4.74 Å². The summed E-state index contributed by atoms with van der Waals surface area (Å²) >= 11 is 1.41. The highest BCUT2D eigenvalue weighted by Gasteiger charge is 2.41. The van der Waals surface area contributed by atoms with Crippen molar-refractivity contribution in [1.29, 1.82) is 0 Å². The second-order valence-electron chi connectivity index (χ2n) is 7.21. The van der Waals surface area contributed by atoms with Crippen molar-refractivity contribution in [3.63, 3.8) is 0 Å². The fourth-order valence-corrected chi connectivity index (χ4v) is 4.61. The number of nitrogens with zero attached hydrogens (tertiary/aromatic N) is 5. The van der Waals surface area contributed by atoms with Crippen molar-refractivity contribution in [1.82, 2.24) is 24.8 Å². The van der Waals surface area contributed by atoms with Gasteiger partial charge in [0.25, 0.3) is 5.91 Å². The minimum atomic E-state index is -0.195. The number of morpholine rings is 1. The number of amides is 1. The molecular weight excluding hydrogens is 362 g/mol. The van der Waals surface area contributed by atoms with Gasteiger partial charge in [0.2, 0.25) is 0 Å². The minimum absolute atomic E-state index is 0.0212. The number of hydrogen-bond donors (Lipinski definition) is 0. The molecular formula is C19H25N5O2S. The molecule has 8 heteroatoms. The summed E-state index contributed by atoms with van der Waals surface area (Å²) in [6, 6.07) is 1.77. The fourth-order valence-electron chi connectivity index (χ4n) is 3.87. The largest absolute Gasteiger partial charge is 0.371 e. The average molecular weight is 388 g/mol. The number of ether oxygens (including phenoxy) is 1. The topological polar surface area (TPSA) is 71.5 Å². The molecule has 0 radical (unpaired) electrons. The molecule has 27 heavy (non-hydrogen) atoms. The first-order chi connectivity index (χ1) is 13.2. The van der Waals surface area contributed by atoms with Gasteiger partial charge < -0.3 is 14.5 Å². The SMILES string of the molecule is CCCN1CCC2(CC1)CN(C(=O)c1csc(-c3ncccn3)n1)CCO2. The molecule has 144 valence electrons. The van der Waals surface area contributed by atoms with E-state index in [0.717, 1.165) is 32.5 Å². The molecule has 4 rings (SSSR count). The second kappa shape index (κ2) is 8.00. The molecule has 2 aliphatic heterocycles. The summed E-state index contributed by atoms with van der Waals surface area (Å²) in [6.45, 7) is 7.31. The van der Waals surface area contributed by atoms with Crippen molar-refractivity contribution in [3.8, 4) is 10.8 Å². The lowest BCUT2D eigenvalue weighted by Crippen LogP contribution is -2.58. The molecule has 2 aromatic rings. The quantitative estimate of drug-likeness (QED) is 0.802. The zero-order valence-electron chi connectivity index (χ0n) is 15.6. The van der Waals surface area contributed by atoms with Crippen LogP contribution in [0, 0.1) is 0 Å². The number of carbonyl (C=O) groups excluding carboxylic acids is 1. The Hall–Kier alpha value is -1.90. The highest BCUT2D eigenvalue weighted by atomic mass is 32.1. The third-order valence-corrected chi connectivity index (χ3v) is 6.16. The summed E-state index contributed by atoms with van der Waals surface area (Å²) in [4.78, 5) is 30.3. The summed E-state index contributed by atoms with van der Waals surface area (Å²) < 4.78 is 6.17. The summed E-state index contributed by atoms with van der Waals surface area (Å²) in [6.07, 6.45) is 6.51. The number of piperidine rings is 1. The van der Waals surface area contributed by atoms with Gasteiger partial charge in [-0.1, -0.05) is 6.92 Å². The molecule has 1 amide bonds. The molecule has 0 unspecified atom stereocenters. The summed E-state index contributed by atoms with van der Waals surface area (Å²) in [7, 11) is 0. The lowest BCUT2D eigenvalue weighted by atomic mass is 9.89. The van der Waals surface area contributed by atoms with Crippen LogP contribution in [0.1, 0.15) is 36.7 Å². The molecule has 0 aromatic carbocycles. The Morgan fingerprint density at radius 2 is 2.04 bits per heavy atom. The van der Waals surface area contributed by atoms with Gasteiger partial charge in [-0.25, -0.2) is 15.0 Å². The fraction of sp³-hybridized carbons (Fsp3) is 0.579. The van der Waals surface area contributed by atoms with Crippen LogP contribution in [0.15, 0.2) is 23.8 Å². The average Bonchev–Trinajstić information content (AvgIpc) is 3.21. The van der Waals surface area contributed by atoms with Gasteiger partial charge in [0.1, 0.15) is 5.69 Å². The van der Waals surface area contributed by atoms with Crippen LogP contribution < -0.4 is 0 Å². The van der Waals surface area contributed by atoms with E-state index in [0.29, 0.717) is 36.2 Å². The number of thiazole rings is 1. The van der Waals surface area contributed by atoms with E-state index in [1.54, 1.807) is 23.8 Å². The van der Waals surface area contributed by atoms with Crippen molar-refractivity contribution >= 4 is 17.2 Å².